The van der Waals surface area contributed by atoms with Gasteiger partial charge in [-0.05, 0) is 25.7 Å². The summed E-state index contributed by atoms with van der Waals surface area (Å²) in [4.78, 5) is 22.6. The Morgan fingerprint density at radius 3 is 2.68 bits per heavy atom. The average molecular weight is 266 g/mol. The van der Waals surface area contributed by atoms with Gasteiger partial charge in [0.25, 0.3) is 5.91 Å². The quantitative estimate of drug-likeness (QED) is 0.628. The molecular weight excluding hydrogens is 248 g/mol. The number of carbonyl (C=O) groups excluding carboxylic acids is 2. The molecule has 0 bridgehead atoms. The van der Waals surface area contributed by atoms with E-state index < -0.39 is 5.91 Å². The Kier molecular flexibility index (Phi) is 4.10. The molecule has 1 aliphatic carbocycles. The highest BCUT2D eigenvalue weighted by Gasteiger charge is 2.21. The summed E-state index contributed by atoms with van der Waals surface area (Å²) >= 11 is 0. The largest absolute Gasteiger partial charge is 0.368 e. The van der Waals surface area contributed by atoms with Crippen LogP contribution in [0.1, 0.15) is 36.2 Å². The molecule has 1 fully saturated rings. The molecule has 8 heteroatoms. The smallest absolute Gasteiger partial charge is 0.273 e. The summed E-state index contributed by atoms with van der Waals surface area (Å²) in [6.45, 7) is -0.0848. The molecule has 0 aromatic carbocycles. The minimum Gasteiger partial charge on any atom is -0.368 e. The Morgan fingerprint density at radius 1 is 1.37 bits per heavy atom. The molecule has 1 aliphatic rings. The molecule has 2 rings (SSSR count). The van der Waals surface area contributed by atoms with Crippen LogP contribution in [-0.2, 0) is 11.3 Å². The number of primary amides is 1. The Hall–Kier alpha value is -1.96. The van der Waals surface area contributed by atoms with E-state index >= 15 is 0 Å². The predicted octanol–water partition coefficient (Wildman–Crippen LogP) is -1.24. The SMILES string of the molecule is NC(=O)Cn1cc(C(=O)N[C@H]2CC[C@H](N)CC2)nn1. The summed E-state index contributed by atoms with van der Waals surface area (Å²) in [5.74, 6) is -0.811. The Labute approximate surface area is 110 Å². The van der Waals surface area contributed by atoms with E-state index in [9.17, 15) is 9.59 Å². The van der Waals surface area contributed by atoms with E-state index in [4.69, 9.17) is 11.5 Å². The van der Waals surface area contributed by atoms with Crippen molar-refractivity contribution >= 4 is 11.8 Å². The Morgan fingerprint density at radius 2 is 2.05 bits per heavy atom. The highest BCUT2D eigenvalue weighted by atomic mass is 16.2. The normalized spacial score (nSPS) is 23.0. The van der Waals surface area contributed by atoms with Gasteiger partial charge in [0, 0.05) is 12.1 Å². The van der Waals surface area contributed by atoms with E-state index in [-0.39, 0.29) is 30.2 Å². The van der Waals surface area contributed by atoms with E-state index in [0.717, 1.165) is 25.7 Å². The van der Waals surface area contributed by atoms with Crippen LogP contribution in [0.25, 0.3) is 0 Å². The third kappa shape index (κ3) is 3.75. The van der Waals surface area contributed by atoms with Crippen LogP contribution in [0.5, 0.6) is 0 Å². The summed E-state index contributed by atoms with van der Waals surface area (Å²) < 4.78 is 1.24. The van der Waals surface area contributed by atoms with Crippen LogP contribution in [0.4, 0.5) is 0 Å². The minimum atomic E-state index is -0.530. The second-order valence-electron chi connectivity index (χ2n) is 4.85. The van der Waals surface area contributed by atoms with Crippen LogP contribution in [0.15, 0.2) is 6.20 Å². The molecule has 1 heterocycles. The van der Waals surface area contributed by atoms with Crippen LogP contribution in [0.3, 0.4) is 0 Å². The fourth-order valence-electron chi connectivity index (χ4n) is 2.16. The fraction of sp³-hybridized carbons (Fsp3) is 0.636. The van der Waals surface area contributed by atoms with Gasteiger partial charge in [0.15, 0.2) is 5.69 Å². The number of nitrogens with two attached hydrogens (primary N) is 2. The number of hydrogen-bond acceptors (Lipinski definition) is 5. The molecule has 1 aromatic rings. The predicted molar refractivity (Wildman–Crippen MR) is 66.9 cm³/mol. The van der Waals surface area contributed by atoms with E-state index in [1.807, 2.05) is 0 Å². The van der Waals surface area contributed by atoms with Gasteiger partial charge in [0.1, 0.15) is 6.54 Å². The number of nitrogens with zero attached hydrogens (tertiary/aromatic N) is 3. The zero-order valence-corrected chi connectivity index (χ0v) is 10.6. The molecule has 2 amide bonds. The summed E-state index contributed by atoms with van der Waals surface area (Å²) in [5.41, 5.74) is 11.0. The number of amides is 2. The molecule has 1 saturated carbocycles. The number of aromatic nitrogens is 3. The summed E-state index contributed by atoms with van der Waals surface area (Å²) in [7, 11) is 0. The van der Waals surface area contributed by atoms with Gasteiger partial charge in [0.2, 0.25) is 5.91 Å². The van der Waals surface area contributed by atoms with Gasteiger partial charge in [-0.15, -0.1) is 5.10 Å². The highest BCUT2D eigenvalue weighted by molar-refractivity contribution is 5.92. The molecule has 5 N–H and O–H groups in total. The average Bonchev–Trinajstić information content (AvgIpc) is 2.80. The standard InChI is InChI=1S/C11H18N6O2/c12-7-1-3-8(4-2-7)14-11(19)9-5-17(16-15-9)6-10(13)18/h5,7-8H,1-4,6,12H2,(H2,13,18)(H,14,19)/t7-,8-. The van der Waals surface area contributed by atoms with Crippen molar-refractivity contribution in [1.82, 2.24) is 20.3 Å². The molecule has 104 valence electrons. The van der Waals surface area contributed by atoms with E-state index in [0.29, 0.717) is 0 Å². The molecule has 1 aromatic heterocycles. The highest BCUT2D eigenvalue weighted by Crippen LogP contribution is 2.17. The van der Waals surface area contributed by atoms with Gasteiger partial charge in [0.05, 0.1) is 6.20 Å². The molecule has 0 radical (unpaired) electrons. The first-order valence-electron chi connectivity index (χ1n) is 6.29. The summed E-state index contributed by atoms with van der Waals surface area (Å²) in [6, 6.07) is 0.373. The van der Waals surface area contributed by atoms with Crippen molar-refractivity contribution in [3.63, 3.8) is 0 Å². The maximum absolute atomic E-state index is 11.9. The molecule has 0 atom stereocenters. The number of carbonyl (C=O) groups is 2. The maximum atomic E-state index is 11.9. The molecule has 19 heavy (non-hydrogen) atoms. The van der Waals surface area contributed by atoms with Crippen molar-refractivity contribution in [3.05, 3.63) is 11.9 Å². The van der Waals surface area contributed by atoms with Gasteiger partial charge in [-0.25, -0.2) is 4.68 Å². The fourth-order valence-corrected chi connectivity index (χ4v) is 2.16. The van der Waals surface area contributed by atoms with Crippen molar-refractivity contribution in [2.24, 2.45) is 11.5 Å². The van der Waals surface area contributed by atoms with Crippen molar-refractivity contribution in [2.45, 2.75) is 44.3 Å². The van der Waals surface area contributed by atoms with Crippen molar-refractivity contribution in [1.29, 1.82) is 0 Å². The first-order valence-corrected chi connectivity index (χ1v) is 6.29. The number of hydrogen-bond donors (Lipinski definition) is 3. The van der Waals surface area contributed by atoms with Crippen LogP contribution >= 0.6 is 0 Å². The lowest BCUT2D eigenvalue weighted by Crippen LogP contribution is -2.40. The summed E-state index contributed by atoms with van der Waals surface area (Å²) in [5, 5.41) is 10.3. The van der Waals surface area contributed by atoms with Crippen LogP contribution < -0.4 is 16.8 Å². The van der Waals surface area contributed by atoms with E-state index in [1.165, 1.54) is 10.9 Å². The van der Waals surface area contributed by atoms with Crippen LogP contribution in [0.2, 0.25) is 0 Å². The zero-order chi connectivity index (χ0) is 13.8. The van der Waals surface area contributed by atoms with Crippen LogP contribution in [0, 0.1) is 0 Å². The molecule has 0 spiro atoms. The molecule has 0 unspecified atom stereocenters. The zero-order valence-electron chi connectivity index (χ0n) is 10.6. The van der Waals surface area contributed by atoms with Crippen molar-refractivity contribution in [3.8, 4) is 0 Å². The Bertz CT molecular complexity index is 464. The topological polar surface area (TPSA) is 129 Å². The Balaban J connectivity index is 1.89. The number of rotatable bonds is 4. The molecular formula is C11H18N6O2. The lowest BCUT2D eigenvalue weighted by Gasteiger charge is -2.26. The van der Waals surface area contributed by atoms with Crippen molar-refractivity contribution in [2.75, 3.05) is 0 Å². The second kappa shape index (κ2) is 5.79. The third-order valence-corrected chi connectivity index (χ3v) is 3.20. The van der Waals surface area contributed by atoms with Crippen LogP contribution in [-0.4, -0.2) is 38.9 Å². The van der Waals surface area contributed by atoms with Gasteiger partial charge in [-0.3, -0.25) is 9.59 Å². The van der Waals surface area contributed by atoms with E-state index in [1.54, 1.807) is 0 Å². The maximum Gasteiger partial charge on any atom is 0.273 e. The van der Waals surface area contributed by atoms with Gasteiger partial charge in [-0.2, -0.15) is 0 Å². The first kappa shape index (κ1) is 13.5. The van der Waals surface area contributed by atoms with Crippen molar-refractivity contribution < 1.29 is 9.59 Å². The lowest BCUT2D eigenvalue weighted by atomic mass is 9.92. The first-order chi connectivity index (χ1) is 9.04. The molecule has 8 nitrogen and oxygen atoms in total. The molecule has 0 aliphatic heterocycles. The summed E-state index contributed by atoms with van der Waals surface area (Å²) in [6.07, 6.45) is 5.00. The van der Waals surface area contributed by atoms with E-state index in [2.05, 4.69) is 15.6 Å². The minimum absolute atomic E-state index is 0.0848. The molecule has 0 saturated heterocycles. The van der Waals surface area contributed by atoms with Gasteiger partial charge < -0.3 is 16.8 Å². The van der Waals surface area contributed by atoms with Gasteiger partial charge >= 0.3 is 0 Å². The third-order valence-electron chi connectivity index (χ3n) is 3.20. The monoisotopic (exact) mass is 266 g/mol. The second-order valence-corrected chi connectivity index (χ2v) is 4.85. The number of nitrogens with one attached hydrogen (secondary N) is 1. The lowest BCUT2D eigenvalue weighted by molar-refractivity contribution is -0.118. The van der Waals surface area contributed by atoms with Gasteiger partial charge in [-0.1, -0.05) is 5.21 Å².